The standard InChI is InChI=1S/C17H14FN3O2/c1-21-15-8-3-2-7-13(15)14(10-16(21)22)20-17(23)19-12-6-4-5-11(18)9-12/h2-10H,1H3,(H2,19,20,23). The van der Waals surface area contributed by atoms with Gasteiger partial charge in [0.05, 0.1) is 11.2 Å². The molecule has 0 radical (unpaired) electrons. The molecule has 3 aromatic rings. The number of carbonyl (C=O) groups is 1. The normalized spacial score (nSPS) is 10.5. The van der Waals surface area contributed by atoms with E-state index in [0.29, 0.717) is 16.9 Å². The zero-order valence-electron chi connectivity index (χ0n) is 12.3. The van der Waals surface area contributed by atoms with Gasteiger partial charge < -0.3 is 15.2 Å². The highest BCUT2D eigenvalue weighted by Gasteiger charge is 2.09. The van der Waals surface area contributed by atoms with Crippen molar-refractivity contribution in [3.8, 4) is 0 Å². The SMILES string of the molecule is Cn1c(=O)cc(NC(=O)Nc2cccc(F)c2)c2ccccc21. The molecule has 0 aliphatic heterocycles. The first kappa shape index (κ1) is 14.8. The predicted octanol–water partition coefficient (Wildman–Crippen LogP) is 3.32. The largest absolute Gasteiger partial charge is 0.323 e. The number of hydrogen-bond acceptors (Lipinski definition) is 2. The number of pyridine rings is 1. The fourth-order valence-corrected chi connectivity index (χ4v) is 2.36. The van der Waals surface area contributed by atoms with Gasteiger partial charge in [0.25, 0.3) is 5.56 Å². The molecule has 2 amide bonds. The summed E-state index contributed by atoms with van der Waals surface area (Å²) < 4.78 is 14.6. The lowest BCUT2D eigenvalue weighted by Gasteiger charge is -2.12. The molecule has 0 aliphatic carbocycles. The second-order valence-corrected chi connectivity index (χ2v) is 5.06. The Balaban J connectivity index is 1.91. The highest BCUT2D eigenvalue weighted by atomic mass is 19.1. The van der Waals surface area contributed by atoms with Crippen molar-refractivity contribution in [3.05, 3.63) is 70.8 Å². The number of hydrogen-bond donors (Lipinski definition) is 2. The quantitative estimate of drug-likeness (QED) is 0.762. The number of para-hydroxylation sites is 1. The van der Waals surface area contributed by atoms with Gasteiger partial charge >= 0.3 is 6.03 Å². The van der Waals surface area contributed by atoms with Crippen LogP contribution in [0.15, 0.2) is 59.4 Å². The van der Waals surface area contributed by atoms with Gasteiger partial charge in [-0.1, -0.05) is 24.3 Å². The number of amides is 2. The molecule has 0 spiro atoms. The summed E-state index contributed by atoms with van der Waals surface area (Å²) >= 11 is 0. The van der Waals surface area contributed by atoms with Crippen molar-refractivity contribution in [2.75, 3.05) is 10.6 Å². The molecule has 1 heterocycles. The van der Waals surface area contributed by atoms with Crippen LogP contribution in [0.25, 0.3) is 10.9 Å². The molecule has 2 N–H and O–H groups in total. The van der Waals surface area contributed by atoms with Gasteiger partial charge in [-0.25, -0.2) is 9.18 Å². The van der Waals surface area contributed by atoms with E-state index >= 15 is 0 Å². The summed E-state index contributed by atoms with van der Waals surface area (Å²) in [4.78, 5) is 24.1. The highest BCUT2D eigenvalue weighted by Crippen LogP contribution is 2.21. The number of carbonyl (C=O) groups excluding carboxylic acids is 1. The molecule has 5 nitrogen and oxygen atoms in total. The van der Waals surface area contributed by atoms with E-state index in [2.05, 4.69) is 10.6 Å². The topological polar surface area (TPSA) is 63.1 Å². The van der Waals surface area contributed by atoms with Gasteiger partial charge in [-0.05, 0) is 24.3 Å². The molecule has 0 atom stereocenters. The lowest BCUT2D eigenvalue weighted by atomic mass is 10.2. The first-order valence-electron chi connectivity index (χ1n) is 6.97. The third kappa shape index (κ3) is 3.06. The smallest absolute Gasteiger partial charge is 0.311 e. The van der Waals surface area contributed by atoms with Crippen molar-refractivity contribution in [2.45, 2.75) is 0 Å². The molecule has 6 heteroatoms. The van der Waals surface area contributed by atoms with Crippen LogP contribution >= 0.6 is 0 Å². The Labute approximate surface area is 131 Å². The third-order valence-electron chi connectivity index (χ3n) is 3.48. The molecule has 23 heavy (non-hydrogen) atoms. The van der Waals surface area contributed by atoms with E-state index in [1.54, 1.807) is 19.2 Å². The van der Waals surface area contributed by atoms with Crippen LogP contribution in [0.3, 0.4) is 0 Å². The zero-order valence-corrected chi connectivity index (χ0v) is 12.3. The summed E-state index contributed by atoms with van der Waals surface area (Å²) in [6.07, 6.45) is 0. The minimum atomic E-state index is -0.547. The highest BCUT2D eigenvalue weighted by molar-refractivity contribution is 6.05. The summed E-state index contributed by atoms with van der Waals surface area (Å²) in [6.45, 7) is 0. The van der Waals surface area contributed by atoms with Gasteiger partial charge in [-0.2, -0.15) is 0 Å². The van der Waals surface area contributed by atoms with Crippen molar-refractivity contribution < 1.29 is 9.18 Å². The number of halogens is 1. The summed E-state index contributed by atoms with van der Waals surface area (Å²) in [5, 5.41) is 5.91. The van der Waals surface area contributed by atoms with Crippen LogP contribution < -0.4 is 16.2 Å². The van der Waals surface area contributed by atoms with Crippen molar-refractivity contribution in [1.29, 1.82) is 0 Å². The van der Waals surface area contributed by atoms with Gasteiger partial charge in [-0.3, -0.25) is 4.79 Å². The molecular weight excluding hydrogens is 297 g/mol. The van der Waals surface area contributed by atoms with E-state index in [4.69, 9.17) is 0 Å². The number of urea groups is 1. The van der Waals surface area contributed by atoms with E-state index in [1.807, 2.05) is 18.2 Å². The maximum absolute atomic E-state index is 13.1. The summed E-state index contributed by atoms with van der Waals surface area (Å²) in [5.41, 5.74) is 1.21. The van der Waals surface area contributed by atoms with Crippen molar-refractivity contribution in [1.82, 2.24) is 4.57 Å². The number of fused-ring (bicyclic) bond motifs is 1. The van der Waals surface area contributed by atoms with E-state index in [-0.39, 0.29) is 5.56 Å². The maximum atomic E-state index is 13.1. The molecule has 116 valence electrons. The van der Waals surface area contributed by atoms with Gasteiger partial charge in [0.2, 0.25) is 0 Å². The number of nitrogens with zero attached hydrogens (tertiary/aromatic N) is 1. The number of aryl methyl sites for hydroxylation is 1. The lowest BCUT2D eigenvalue weighted by Crippen LogP contribution is -2.23. The van der Waals surface area contributed by atoms with Crippen LogP contribution in [0.1, 0.15) is 0 Å². The van der Waals surface area contributed by atoms with Gasteiger partial charge in [0, 0.05) is 24.2 Å². The van der Waals surface area contributed by atoms with Crippen LogP contribution in [0.4, 0.5) is 20.6 Å². The van der Waals surface area contributed by atoms with E-state index < -0.39 is 11.8 Å². The van der Waals surface area contributed by atoms with Crippen LogP contribution in [-0.2, 0) is 7.05 Å². The van der Waals surface area contributed by atoms with Gasteiger partial charge in [0.15, 0.2) is 0 Å². The lowest BCUT2D eigenvalue weighted by molar-refractivity contribution is 0.262. The second kappa shape index (κ2) is 5.92. The minimum absolute atomic E-state index is 0.232. The summed E-state index contributed by atoms with van der Waals surface area (Å²) in [6, 6.07) is 13.6. The zero-order chi connectivity index (χ0) is 16.4. The number of anilines is 2. The van der Waals surface area contributed by atoms with E-state index in [1.165, 1.54) is 28.8 Å². The molecule has 0 aliphatic rings. The summed E-state index contributed by atoms with van der Waals surface area (Å²) in [5.74, 6) is -0.443. The Hall–Kier alpha value is -3.15. The fraction of sp³-hybridized carbons (Fsp3) is 0.0588. The maximum Gasteiger partial charge on any atom is 0.323 e. The number of nitrogens with one attached hydrogen (secondary N) is 2. The fourth-order valence-electron chi connectivity index (χ4n) is 2.36. The van der Waals surface area contributed by atoms with Crippen molar-refractivity contribution in [2.24, 2.45) is 7.05 Å². The third-order valence-corrected chi connectivity index (χ3v) is 3.48. The molecule has 3 rings (SSSR count). The first-order chi connectivity index (χ1) is 11.0. The molecule has 1 aromatic heterocycles. The summed E-state index contributed by atoms with van der Waals surface area (Å²) in [7, 11) is 1.67. The molecule has 2 aromatic carbocycles. The predicted molar refractivity (Wildman–Crippen MR) is 88.2 cm³/mol. The van der Waals surface area contributed by atoms with Crippen LogP contribution in [0.5, 0.6) is 0 Å². The molecule has 0 fully saturated rings. The Kier molecular flexibility index (Phi) is 3.80. The van der Waals surface area contributed by atoms with E-state index in [9.17, 15) is 14.0 Å². The number of aromatic nitrogens is 1. The van der Waals surface area contributed by atoms with Crippen LogP contribution in [0.2, 0.25) is 0 Å². The van der Waals surface area contributed by atoms with Gasteiger partial charge in [0.1, 0.15) is 5.82 Å². The monoisotopic (exact) mass is 311 g/mol. The average Bonchev–Trinajstić information content (AvgIpc) is 2.52. The Bertz CT molecular complexity index is 950. The number of benzene rings is 2. The minimum Gasteiger partial charge on any atom is -0.311 e. The average molecular weight is 311 g/mol. The van der Waals surface area contributed by atoms with Gasteiger partial charge in [-0.15, -0.1) is 0 Å². The molecule has 0 bridgehead atoms. The van der Waals surface area contributed by atoms with Crippen LogP contribution in [-0.4, -0.2) is 10.6 Å². The Morgan fingerprint density at radius 2 is 1.83 bits per heavy atom. The Morgan fingerprint density at radius 1 is 1.04 bits per heavy atom. The number of rotatable bonds is 2. The molecule has 0 unspecified atom stereocenters. The first-order valence-corrected chi connectivity index (χ1v) is 6.97. The van der Waals surface area contributed by atoms with E-state index in [0.717, 1.165) is 5.39 Å². The van der Waals surface area contributed by atoms with Crippen LogP contribution in [0, 0.1) is 5.82 Å². The molecule has 0 saturated carbocycles. The Morgan fingerprint density at radius 3 is 2.61 bits per heavy atom. The molecular formula is C17H14FN3O2. The second-order valence-electron chi connectivity index (χ2n) is 5.06. The van der Waals surface area contributed by atoms with Crippen molar-refractivity contribution >= 4 is 28.3 Å². The van der Waals surface area contributed by atoms with Crippen molar-refractivity contribution in [3.63, 3.8) is 0 Å². The molecule has 0 saturated heterocycles.